The largest absolute Gasteiger partial charge is 0.494 e. The smallest absolute Gasteiger partial charge is 0.119 e. The Bertz CT molecular complexity index is 298. The lowest BCUT2D eigenvalue weighted by atomic mass is 10.1. The van der Waals surface area contributed by atoms with Gasteiger partial charge in [-0.1, -0.05) is 12.1 Å². The Morgan fingerprint density at radius 2 is 1.72 bits per heavy atom. The first-order chi connectivity index (χ1) is 8.86. The molecule has 0 bridgehead atoms. The zero-order valence-corrected chi connectivity index (χ0v) is 11.7. The molecule has 0 fully saturated rings. The van der Waals surface area contributed by atoms with Crippen molar-refractivity contribution < 1.29 is 4.74 Å². The average molecular weight is 250 g/mol. The van der Waals surface area contributed by atoms with Crippen LogP contribution < -0.4 is 15.4 Å². The van der Waals surface area contributed by atoms with Crippen molar-refractivity contribution in [3.8, 4) is 5.75 Å². The molecule has 0 radical (unpaired) electrons. The van der Waals surface area contributed by atoms with Crippen molar-refractivity contribution >= 4 is 0 Å². The molecule has 0 aromatic heterocycles. The van der Waals surface area contributed by atoms with E-state index in [1.165, 1.54) is 18.4 Å². The molecule has 0 saturated carbocycles. The molecule has 0 amide bonds. The quantitative estimate of drug-likeness (QED) is 0.625. The van der Waals surface area contributed by atoms with Gasteiger partial charge in [0.2, 0.25) is 0 Å². The number of rotatable bonds is 10. The van der Waals surface area contributed by atoms with Crippen LogP contribution in [-0.4, -0.2) is 33.3 Å². The highest BCUT2D eigenvalue weighted by Crippen LogP contribution is 2.12. The van der Waals surface area contributed by atoms with Crippen LogP contribution in [0.1, 0.15) is 25.3 Å². The van der Waals surface area contributed by atoms with Crippen LogP contribution in [0.2, 0.25) is 0 Å². The maximum atomic E-state index is 5.42. The molecule has 0 aliphatic heterocycles. The SMILES string of the molecule is CCOc1ccc(CCNCCCCNC)cc1. The summed E-state index contributed by atoms with van der Waals surface area (Å²) in [5.41, 5.74) is 1.36. The normalized spacial score (nSPS) is 10.6. The van der Waals surface area contributed by atoms with E-state index in [0.29, 0.717) is 0 Å². The number of unbranched alkanes of at least 4 members (excludes halogenated alkanes) is 1. The number of hydrogen-bond donors (Lipinski definition) is 2. The summed E-state index contributed by atoms with van der Waals surface area (Å²) in [5.74, 6) is 0.960. The predicted molar refractivity (Wildman–Crippen MR) is 77.3 cm³/mol. The fraction of sp³-hybridized carbons (Fsp3) is 0.600. The second-order valence-corrected chi connectivity index (χ2v) is 4.39. The summed E-state index contributed by atoms with van der Waals surface area (Å²) in [6, 6.07) is 8.39. The minimum atomic E-state index is 0.730. The molecule has 3 nitrogen and oxygen atoms in total. The van der Waals surface area contributed by atoms with Crippen LogP contribution in [0.4, 0.5) is 0 Å². The van der Waals surface area contributed by atoms with Crippen molar-refractivity contribution in [2.24, 2.45) is 0 Å². The Labute approximate surface area is 111 Å². The molecule has 1 aromatic carbocycles. The van der Waals surface area contributed by atoms with Gasteiger partial charge in [-0.15, -0.1) is 0 Å². The van der Waals surface area contributed by atoms with Crippen molar-refractivity contribution in [2.75, 3.05) is 33.3 Å². The van der Waals surface area contributed by atoms with Crippen LogP contribution in [0.5, 0.6) is 5.75 Å². The molecule has 0 aliphatic carbocycles. The third-order valence-electron chi connectivity index (χ3n) is 2.86. The minimum Gasteiger partial charge on any atom is -0.494 e. The number of benzene rings is 1. The fourth-order valence-corrected chi connectivity index (χ4v) is 1.83. The van der Waals surface area contributed by atoms with Gasteiger partial charge in [0.05, 0.1) is 6.61 Å². The van der Waals surface area contributed by atoms with Gasteiger partial charge in [0.1, 0.15) is 5.75 Å². The van der Waals surface area contributed by atoms with Gasteiger partial charge in [-0.05, 0) is 70.6 Å². The van der Waals surface area contributed by atoms with E-state index in [9.17, 15) is 0 Å². The second kappa shape index (κ2) is 9.92. The third-order valence-corrected chi connectivity index (χ3v) is 2.86. The van der Waals surface area contributed by atoms with E-state index in [1.807, 2.05) is 26.1 Å². The van der Waals surface area contributed by atoms with Gasteiger partial charge in [-0.25, -0.2) is 0 Å². The second-order valence-electron chi connectivity index (χ2n) is 4.39. The Balaban J connectivity index is 2.08. The Hall–Kier alpha value is -1.06. The monoisotopic (exact) mass is 250 g/mol. The first-order valence-corrected chi connectivity index (χ1v) is 6.94. The van der Waals surface area contributed by atoms with Gasteiger partial charge in [0, 0.05) is 0 Å². The van der Waals surface area contributed by atoms with Crippen LogP contribution in [-0.2, 0) is 6.42 Å². The molecule has 0 unspecified atom stereocenters. The molecule has 2 N–H and O–H groups in total. The summed E-state index contributed by atoms with van der Waals surface area (Å²) in [5, 5.41) is 6.63. The first kappa shape index (κ1) is 15.0. The lowest BCUT2D eigenvalue weighted by Gasteiger charge is -2.06. The molecule has 102 valence electrons. The molecule has 0 aliphatic rings. The Morgan fingerprint density at radius 3 is 2.39 bits per heavy atom. The maximum absolute atomic E-state index is 5.42. The number of nitrogens with one attached hydrogen (secondary N) is 2. The summed E-state index contributed by atoms with van der Waals surface area (Å²) in [7, 11) is 2.00. The summed E-state index contributed by atoms with van der Waals surface area (Å²) in [4.78, 5) is 0. The van der Waals surface area contributed by atoms with E-state index in [1.54, 1.807) is 0 Å². The zero-order chi connectivity index (χ0) is 13.1. The van der Waals surface area contributed by atoms with Gasteiger partial charge in [0.15, 0.2) is 0 Å². The van der Waals surface area contributed by atoms with E-state index in [2.05, 4.69) is 22.8 Å². The van der Waals surface area contributed by atoms with E-state index in [4.69, 9.17) is 4.74 Å². The molecule has 0 atom stereocenters. The summed E-state index contributed by atoms with van der Waals surface area (Å²) >= 11 is 0. The molecular formula is C15H26N2O. The molecule has 18 heavy (non-hydrogen) atoms. The van der Waals surface area contributed by atoms with E-state index >= 15 is 0 Å². The summed E-state index contributed by atoms with van der Waals surface area (Å²) in [6.45, 7) is 6.01. The lowest BCUT2D eigenvalue weighted by molar-refractivity contribution is 0.340. The molecule has 0 saturated heterocycles. The maximum Gasteiger partial charge on any atom is 0.119 e. The van der Waals surface area contributed by atoms with Crippen molar-refractivity contribution in [3.63, 3.8) is 0 Å². The number of ether oxygens (including phenoxy) is 1. The van der Waals surface area contributed by atoms with Gasteiger partial charge in [0.25, 0.3) is 0 Å². The Morgan fingerprint density at radius 1 is 1.00 bits per heavy atom. The van der Waals surface area contributed by atoms with Crippen molar-refractivity contribution in [1.29, 1.82) is 0 Å². The van der Waals surface area contributed by atoms with Gasteiger partial charge in [-0.3, -0.25) is 0 Å². The van der Waals surface area contributed by atoms with Crippen LogP contribution >= 0.6 is 0 Å². The molecule has 0 spiro atoms. The van der Waals surface area contributed by atoms with Crippen molar-refractivity contribution in [1.82, 2.24) is 10.6 Å². The van der Waals surface area contributed by atoms with Gasteiger partial charge >= 0.3 is 0 Å². The average Bonchev–Trinajstić information content (AvgIpc) is 2.40. The van der Waals surface area contributed by atoms with Gasteiger partial charge < -0.3 is 15.4 Å². The van der Waals surface area contributed by atoms with Crippen LogP contribution in [0.25, 0.3) is 0 Å². The summed E-state index contributed by atoms with van der Waals surface area (Å²) in [6.07, 6.45) is 3.56. The standard InChI is InChI=1S/C15H26N2O/c1-3-18-15-8-6-14(7-9-15)10-13-17-12-5-4-11-16-2/h6-9,16-17H,3-5,10-13H2,1-2H3. The van der Waals surface area contributed by atoms with Crippen LogP contribution in [0.3, 0.4) is 0 Å². The predicted octanol–water partition coefficient (Wildman–Crippen LogP) is 2.22. The van der Waals surface area contributed by atoms with E-state index in [-0.39, 0.29) is 0 Å². The minimum absolute atomic E-state index is 0.730. The molecular weight excluding hydrogens is 224 g/mol. The van der Waals surface area contributed by atoms with Crippen molar-refractivity contribution in [3.05, 3.63) is 29.8 Å². The third kappa shape index (κ3) is 6.62. The van der Waals surface area contributed by atoms with E-state index < -0.39 is 0 Å². The van der Waals surface area contributed by atoms with Crippen LogP contribution in [0, 0.1) is 0 Å². The van der Waals surface area contributed by atoms with Gasteiger partial charge in [-0.2, -0.15) is 0 Å². The first-order valence-electron chi connectivity index (χ1n) is 6.94. The van der Waals surface area contributed by atoms with E-state index in [0.717, 1.165) is 38.4 Å². The molecule has 1 rings (SSSR count). The highest BCUT2D eigenvalue weighted by Gasteiger charge is 1.95. The Kier molecular flexibility index (Phi) is 8.26. The highest BCUT2D eigenvalue weighted by molar-refractivity contribution is 5.27. The van der Waals surface area contributed by atoms with Crippen molar-refractivity contribution in [2.45, 2.75) is 26.2 Å². The molecule has 1 aromatic rings. The van der Waals surface area contributed by atoms with Crippen LogP contribution in [0.15, 0.2) is 24.3 Å². The topological polar surface area (TPSA) is 33.3 Å². The molecule has 3 heteroatoms. The summed E-state index contributed by atoms with van der Waals surface area (Å²) < 4.78 is 5.42. The highest BCUT2D eigenvalue weighted by atomic mass is 16.5. The lowest BCUT2D eigenvalue weighted by Crippen LogP contribution is -2.19. The zero-order valence-electron chi connectivity index (χ0n) is 11.7. The fourth-order valence-electron chi connectivity index (χ4n) is 1.83. The number of hydrogen-bond acceptors (Lipinski definition) is 3. The molecule has 0 heterocycles.